The van der Waals surface area contributed by atoms with E-state index in [0.29, 0.717) is 12.1 Å². The molecule has 1 aliphatic heterocycles. The number of pyridine rings is 1. The molecular weight excluding hydrogens is 447 g/mol. The molecule has 1 unspecified atom stereocenters. The molecule has 3 N–H and O–H groups in total. The van der Waals surface area contributed by atoms with Crippen molar-refractivity contribution in [3.8, 4) is 22.5 Å². The summed E-state index contributed by atoms with van der Waals surface area (Å²) in [5.41, 5.74) is 5.28. The van der Waals surface area contributed by atoms with E-state index in [1.807, 2.05) is 42.5 Å². The normalized spacial score (nSPS) is 13.9. The lowest BCUT2D eigenvalue weighted by Crippen LogP contribution is -2.31. The largest absolute Gasteiger partial charge is 0.490 e. The van der Waals surface area contributed by atoms with E-state index in [0.717, 1.165) is 39.5 Å². The number of nitrogens with zero attached hydrogens (tertiary/aromatic N) is 1. The highest BCUT2D eigenvalue weighted by atomic mass is 32.2. The topological polar surface area (TPSA) is 112 Å². The number of carboxylic acid groups (broad SMARTS) is 1. The molecule has 0 saturated carbocycles. The molecule has 0 saturated heterocycles. The third-order valence-corrected chi connectivity index (χ3v) is 5.50. The molecule has 11 heteroatoms. The minimum atomic E-state index is -5.08. The molecule has 3 heterocycles. The smallest absolute Gasteiger partial charge is 0.475 e. The Kier molecular flexibility index (Phi) is 6.78. The number of benzene rings is 1. The summed E-state index contributed by atoms with van der Waals surface area (Å²) >= 11 is 0. The van der Waals surface area contributed by atoms with Crippen LogP contribution in [0.2, 0.25) is 0 Å². The second-order valence-electron chi connectivity index (χ2n) is 6.80. The monoisotopic (exact) mass is 465 g/mol. The van der Waals surface area contributed by atoms with E-state index in [9.17, 15) is 22.2 Å². The second-order valence-corrected chi connectivity index (χ2v) is 8.18. The average Bonchev–Trinajstić information content (AvgIpc) is 3.20. The Morgan fingerprint density at radius 3 is 2.50 bits per heavy atom. The summed E-state index contributed by atoms with van der Waals surface area (Å²) in [6, 6.07) is 13.4. The van der Waals surface area contributed by atoms with Gasteiger partial charge in [-0.25, -0.2) is 4.79 Å². The highest BCUT2D eigenvalue weighted by Gasteiger charge is 2.38. The fourth-order valence-electron chi connectivity index (χ4n) is 3.04. The van der Waals surface area contributed by atoms with E-state index < -0.39 is 22.9 Å². The summed E-state index contributed by atoms with van der Waals surface area (Å²) in [7, 11) is -1.03. The predicted molar refractivity (Wildman–Crippen MR) is 112 cm³/mol. The van der Waals surface area contributed by atoms with Gasteiger partial charge in [0.25, 0.3) is 5.91 Å². The van der Waals surface area contributed by atoms with Gasteiger partial charge in [0.15, 0.2) is 0 Å². The van der Waals surface area contributed by atoms with E-state index in [1.165, 1.54) is 0 Å². The summed E-state index contributed by atoms with van der Waals surface area (Å²) in [5, 5.41) is 9.98. The van der Waals surface area contributed by atoms with Crippen LogP contribution < -0.4 is 5.32 Å². The maximum Gasteiger partial charge on any atom is 0.490 e. The maximum atomic E-state index is 11.9. The minimum absolute atomic E-state index is 0.0313. The summed E-state index contributed by atoms with van der Waals surface area (Å²) in [5.74, 6) is -2.79. The number of aromatic nitrogens is 2. The molecule has 0 aliphatic carbocycles. The third kappa shape index (κ3) is 5.41. The van der Waals surface area contributed by atoms with Crippen LogP contribution in [0.25, 0.3) is 22.5 Å². The van der Waals surface area contributed by atoms with E-state index in [4.69, 9.17) is 9.90 Å². The number of fused-ring (bicyclic) bond motifs is 1. The van der Waals surface area contributed by atoms with Crippen molar-refractivity contribution in [1.29, 1.82) is 0 Å². The molecule has 1 aromatic carbocycles. The molecule has 0 radical (unpaired) electrons. The lowest BCUT2D eigenvalue weighted by Gasteiger charge is -2.11. The molecule has 1 aliphatic rings. The lowest BCUT2D eigenvalue weighted by atomic mass is 10.1. The fraction of sp³-hybridized carbons (Fsp3) is 0.190. The number of hydrogen-bond acceptors (Lipinski definition) is 4. The number of halogens is 3. The van der Waals surface area contributed by atoms with Gasteiger partial charge >= 0.3 is 12.1 Å². The molecule has 32 heavy (non-hydrogen) atoms. The van der Waals surface area contributed by atoms with Crippen LogP contribution in [0.5, 0.6) is 0 Å². The molecule has 4 rings (SSSR count). The molecule has 2 aromatic heterocycles. The number of carbonyl (C=O) groups is 2. The summed E-state index contributed by atoms with van der Waals surface area (Å²) < 4.78 is 43.4. The van der Waals surface area contributed by atoms with Gasteiger partial charge in [-0.15, -0.1) is 0 Å². The first-order valence-electron chi connectivity index (χ1n) is 9.26. The number of aliphatic carboxylic acids is 1. The van der Waals surface area contributed by atoms with Gasteiger partial charge in [0.05, 0.1) is 11.3 Å². The zero-order valence-electron chi connectivity index (χ0n) is 16.7. The van der Waals surface area contributed by atoms with Crippen LogP contribution in [-0.4, -0.2) is 50.1 Å². The number of aromatic amines is 1. The van der Waals surface area contributed by atoms with E-state index in [-0.39, 0.29) is 5.91 Å². The highest BCUT2D eigenvalue weighted by molar-refractivity contribution is 7.84. The zero-order chi connectivity index (χ0) is 23.5. The number of carboxylic acids is 1. The van der Waals surface area contributed by atoms with Gasteiger partial charge < -0.3 is 15.4 Å². The first-order chi connectivity index (χ1) is 15.1. The van der Waals surface area contributed by atoms with Crippen molar-refractivity contribution < 1.29 is 32.1 Å². The Balaban J connectivity index is 0.000000360. The number of amides is 1. The van der Waals surface area contributed by atoms with Crippen molar-refractivity contribution in [3.63, 3.8) is 0 Å². The Morgan fingerprint density at radius 2 is 1.88 bits per heavy atom. The van der Waals surface area contributed by atoms with Crippen molar-refractivity contribution in [2.24, 2.45) is 0 Å². The molecule has 3 aromatic rings. The number of rotatable bonds is 3. The maximum absolute atomic E-state index is 11.9. The number of H-pyrrole nitrogens is 1. The number of nitrogens with one attached hydrogen (secondary N) is 2. The molecule has 0 fully saturated rings. The van der Waals surface area contributed by atoms with E-state index >= 15 is 0 Å². The Hall–Kier alpha value is -3.47. The molecule has 0 spiro atoms. The van der Waals surface area contributed by atoms with Crippen LogP contribution >= 0.6 is 0 Å². The van der Waals surface area contributed by atoms with Crippen LogP contribution in [0.3, 0.4) is 0 Å². The number of alkyl halides is 3. The molecular formula is C21H18F3N3O4S. The Morgan fingerprint density at radius 1 is 1.16 bits per heavy atom. The van der Waals surface area contributed by atoms with Gasteiger partial charge in [-0.2, -0.15) is 13.2 Å². The average molecular weight is 465 g/mol. The lowest BCUT2D eigenvalue weighted by molar-refractivity contribution is -0.192. The summed E-state index contributed by atoms with van der Waals surface area (Å²) in [4.78, 5) is 29.4. The number of hydrogen-bond donors (Lipinski definition) is 3. The Bertz CT molecular complexity index is 1190. The zero-order valence-corrected chi connectivity index (χ0v) is 17.5. The van der Waals surface area contributed by atoms with Crippen LogP contribution in [0.1, 0.15) is 16.1 Å². The van der Waals surface area contributed by atoms with Crippen LogP contribution in [0.15, 0.2) is 53.6 Å². The Labute approximate surface area is 183 Å². The van der Waals surface area contributed by atoms with Crippen LogP contribution in [-0.2, 0) is 22.0 Å². The van der Waals surface area contributed by atoms with Crippen molar-refractivity contribution >= 4 is 22.7 Å². The standard InChI is InChI=1S/C19H17N3O2S.C2HF3O2/c1-25(24)14-4-2-3-12(9-14)17-10-13(5-7-20-17)18-11-15-16(22-18)6-8-21-19(15)23;3-2(4,5)1(6)7/h2-5,7,9-11,22H,6,8H2,1H3,(H,21,23);(H,6,7). The third-order valence-electron chi connectivity index (χ3n) is 4.58. The molecule has 1 atom stereocenters. The van der Waals surface area contributed by atoms with Gasteiger partial charge in [0.2, 0.25) is 0 Å². The first-order valence-corrected chi connectivity index (χ1v) is 10.8. The molecule has 0 bridgehead atoms. The van der Waals surface area contributed by atoms with Gasteiger partial charge in [-0.05, 0) is 30.3 Å². The van der Waals surface area contributed by atoms with Gasteiger partial charge in [0, 0.05) is 63.6 Å². The summed E-state index contributed by atoms with van der Waals surface area (Å²) in [6.07, 6.45) is -0.860. The second kappa shape index (κ2) is 9.35. The van der Waals surface area contributed by atoms with Gasteiger partial charge in [0.1, 0.15) is 0 Å². The molecule has 1 amide bonds. The van der Waals surface area contributed by atoms with Gasteiger partial charge in [-0.3, -0.25) is 14.0 Å². The van der Waals surface area contributed by atoms with Crippen molar-refractivity contribution in [3.05, 3.63) is 59.9 Å². The fourth-order valence-corrected chi connectivity index (χ4v) is 3.60. The molecule has 168 valence electrons. The van der Waals surface area contributed by atoms with Crippen molar-refractivity contribution in [2.75, 3.05) is 12.8 Å². The predicted octanol–water partition coefficient (Wildman–Crippen LogP) is 3.40. The van der Waals surface area contributed by atoms with Crippen molar-refractivity contribution in [2.45, 2.75) is 17.5 Å². The first kappa shape index (κ1) is 23.2. The van der Waals surface area contributed by atoms with E-state index in [1.54, 1.807) is 12.5 Å². The number of carbonyl (C=O) groups excluding carboxylic acids is 1. The van der Waals surface area contributed by atoms with E-state index in [2.05, 4.69) is 15.3 Å². The quantitative estimate of drug-likeness (QED) is 0.549. The van der Waals surface area contributed by atoms with Crippen molar-refractivity contribution in [1.82, 2.24) is 15.3 Å². The minimum Gasteiger partial charge on any atom is -0.475 e. The van der Waals surface area contributed by atoms with Gasteiger partial charge in [-0.1, -0.05) is 12.1 Å². The van der Waals surface area contributed by atoms with Crippen LogP contribution in [0, 0.1) is 0 Å². The highest BCUT2D eigenvalue weighted by Crippen LogP contribution is 2.27. The SMILES string of the molecule is CS(=O)c1cccc(-c2cc(-c3cc4c([nH]3)CCNC4=O)ccn2)c1.O=C(O)C(F)(F)F. The molecule has 7 nitrogen and oxygen atoms in total. The summed E-state index contributed by atoms with van der Waals surface area (Å²) in [6.45, 7) is 0.661. The van der Waals surface area contributed by atoms with Crippen LogP contribution in [0.4, 0.5) is 13.2 Å².